The third-order valence-electron chi connectivity index (χ3n) is 3.80. The lowest BCUT2D eigenvalue weighted by Crippen LogP contribution is -2.48. The molecule has 0 bridgehead atoms. The van der Waals surface area contributed by atoms with Gasteiger partial charge in [0.15, 0.2) is 5.96 Å². The van der Waals surface area contributed by atoms with E-state index < -0.39 is 11.7 Å². The van der Waals surface area contributed by atoms with Gasteiger partial charge in [-0.25, -0.2) is 0 Å². The third-order valence-corrected chi connectivity index (χ3v) is 3.80. The summed E-state index contributed by atoms with van der Waals surface area (Å²) in [4.78, 5) is 6.31. The lowest BCUT2D eigenvalue weighted by atomic mass is 10.1. The van der Waals surface area contributed by atoms with E-state index in [1.54, 1.807) is 7.05 Å². The molecule has 0 amide bonds. The van der Waals surface area contributed by atoms with Gasteiger partial charge in [0.2, 0.25) is 0 Å². The summed E-state index contributed by atoms with van der Waals surface area (Å²) in [7, 11) is 3.70. The van der Waals surface area contributed by atoms with Crippen molar-refractivity contribution in [3.05, 3.63) is 35.4 Å². The highest BCUT2D eigenvalue weighted by molar-refractivity contribution is 14.0. The Hall–Kier alpha value is -1.07. The molecule has 1 fully saturated rings. The number of halogens is 4. The van der Waals surface area contributed by atoms with Crippen LogP contribution in [-0.2, 0) is 17.5 Å². The summed E-state index contributed by atoms with van der Waals surface area (Å²) in [6, 6.07) is 5.09. The third kappa shape index (κ3) is 7.37. The second-order valence-corrected chi connectivity index (χ2v) is 5.76. The van der Waals surface area contributed by atoms with E-state index in [2.05, 4.69) is 20.5 Å². The first-order valence-corrected chi connectivity index (χ1v) is 7.79. The van der Waals surface area contributed by atoms with Crippen molar-refractivity contribution in [1.82, 2.24) is 15.5 Å². The summed E-state index contributed by atoms with van der Waals surface area (Å²) in [5.41, 5.74) is 0.104. The molecule has 1 aromatic carbocycles. The van der Waals surface area contributed by atoms with Gasteiger partial charge in [-0.15, -0.1) is 24.0 Å². The van der Waals surface area contributed by atoms with Crippen molar-refractivity contribution in [1.29, 1.82) is 0 Å². The number of hydrogen-bond donors (Lipinski definition) is 2. The Morgan fingerprint density at radius 1 is 1.28 bits per heavy atom. The highest BCUT2D eigenvalue weighted by Crippen LogP contribution is 2.28. The maximum Gasteiger partial charge on any atom is 0.416 e. The van der Waals surface area contributed by atoms with Gasteiger partial charge >= 0.3 is 6.18 Å². The van der Waals surface area contributed by atoms with Crippen molar-refractivity contribution >= 4 is 29.9 Å². The van der Waals surface area contributed by atoms with Gasteiger partial charge in [0.25, 0.3) is 0 Å². The number of hydrogen-bond acceptors (Lipinski definition) is 3. The van der Waals surface area contributed by atoms with Gasteiger partial charge < -0.3 is 20.3 Å². The van der Waals surface area contributed by atoms with Crippen LogP contribution in [0.5, 0.6) is 0 Å². The topological polar surface area (TPSA) is 48.9 Å². The summed E-state index contributed by atoms with van der Waals surface area (Å²) in [5.74, 6) is 0.590. The number of benzene rings is 1. The van der Waals surface area contributed by atoms with Crippen molar-refractivity contribution in [2.45, 2.75) is 18.8 Å². The Kier molecular flexibility index (Phi) is 8.94. The zero-order valence-corrected chi connectivity index (χ0v) is 16.6. The number of alkyl halides is 3. The molecule has 2 N–H and O–H groups in total. The van der Waals surface area contributed by atoms with Crippen molar-refractivity contribution in [3.8, 4) is 0 Å². The van der Waals surface area contributed by atoms with E-state index >= 15 is 0 Å². The van der Waals surface area contributed by atoms with Crippen molar-refractivity contribution in [3.63, 3.8) is 0 Å². The Labute approximate surface area is 163 Å². The fraction of sp³-hybridized carbons (Fsp3) is 0.562. The molecule has 1 aliphatic heterocycles. The minimum Gasteiger partial charge on any atom is -0.374 e. The van der Waals surface area contributed by atoms with Gasteiger partial charge in [0, 0.05) is 33.2 Å². The smallest absolute Gasteiger partial charge is 0.374 e. The molecule has 25 heavy (non-hydrogen) atoms. The van der Waals surface area contributed by atoms with Crippen LogP contribution in [0.1, 0.15) is 11.1 Å². The molecular weight excluding hydrogens is 448 g/mol. The van der Waals surface area contributed by atoms with Crippen LogP contribution < -0.4 is 10.6 Å². The molecule has 142 valence electrons. The molecule has 0 radical (unpaired) electrons. The van der Waals surface area contributed by atoms with Crippen LogP contribution in [0.25, 0.3) is 0 Å². The van der Waals surface area contributed by atoms with E-state index in [9.17, 15) is 13.2 Å². The first-order chi connectivity index (χ1) is 11.4. The normalized spacial score (nSPS) is 19.2. The fourth-order valence-corrected chi connectivity index (χ4v) is 2.42. The molecule has 1 saturated heterocycles. The molecule has 0 spiro atoms. The molecule has 0 saturated carbocycles. The van der Waals surface area contributed by atoms with Gasteiger partial charge in [-0.05, 0) is 24.7 Å². The van der Waals surface area contributed by atoms with Crippen LogP contribution in [-0.4, -0.2) is 57.3 Å². The molecule has 1 unspecified atom stereocenters. The summed E-state index contributed by atoms with van der Waals surface area (Å²) >= 11 is 0. The molecule has 1 atom stereocenters. The highest BCUT2D eigenvalue weighted by atomic mass is 127. The van der Waals surface area contributed by atoms with Crippen LogP contribution in [0.15, 0.2) is 29.3 Å². The Morgan fingerprint density at radius 3 is 2.52 bits per heavy atom. The van der Waals surface area contributed by atoms with Crippen molar-refractivity contribution in [2.24, 2.45) is 4.99 Å². The van der Waals surface area contributed by atoms with E-state index in [1.807, 2.05) is 7.05 Å². The minimum absolute atomic E-state index is 0. The van der Waals surface area contributed by atoms with Crippen LogP contribution >= 0.6 is 24.0 Å². The highest BCUT2D eigenvalue weighted by Gasteiger charge is 2.29. The van der Waals surface area contributed by atoms with Crippen LogP contribution in [0.4, 0.5) is 13.2 Å². The number of ether oxygens (including phenoxy) is 1. The lowest BCUT2D eigenvalue weighted by molar-refractivity contribution is -0.137. The van der Waals surface area contributed by atoms with Gasteiger partial charge in [-0.1, -0.05) is 12.1 Å². The summed E-state index contributed by atoms with van der Waals surface area (Å²) in [6.45, 7) is 3.50. The monoisotopic (exact) mass is 472 g/mol. The number of guanidine groups is 1. The minimum atomic E-state index is -4.31. The van der Waals surface area contributed by atoms with Gasteiger partial charge in [0.1, 0.15) is 0 Å². The van der Waals surface area contributed by atoms with Crippen molar-refractivity contribution < 1.29 is 17.9 Å². The fourth-order valence-electron chi connectivity index (χ4n) is 2.42. The van der Waals surface area contributed by atoms with Crippen LogP contribution in [0, 0.1) is 0 Å². The van der Waals surface area contributed by atoms with Gasteiger partial charge in [-0.2, -0.15) is 13.2 Å². The van der Waals surface area contributed by atoms with E-state index in [0.29, 0.717) is 25.7 Å². The van der Waals surface area contributed by atoms with Gasteiger partial charge in [0.05, 0.1) is 18.3 Å². The molecule has 0 aromatic heterocycles. The predicted octanol–water partition coefficient (Wildman–Crippen LogP) is 2.32. The standard InChI is InChI=1S/C16H23F3N4O.HI/c1-20-15(22-10-14-11-23(2)7-8-24-14)21-9-12-3-5-13(6-4-12)16(17,18)19;/h3-6,14H,7-11H2,1-2H3,(H2,20,21,22);1H. The zero-order valence-electron chi connectivity index (χ0n) is 14.3. The molecule has 0 aliphatic carbocycles. The molecule has 1 aromatic rings. The Morgan fingerprint density at radius 2 is 1.96 bits per heavy atom. The second kappa shape index (κ2) is 10.2. The summed E-state index contributed by atoms with van der Waals surface area (Å²) in [5, 5.41) is 6.26. The largest absolute Gasteiger partial charge is 0.416 e. The number of likely N-dealkylation sites (N-methyl/N-ethyl adjacent to an activating group) is 1. The van der Waals surface area contributed by atoms with Crippen molar-refractivity contribution in [2.75, 3.05) is 40.3 Å². The van der Waals surface area contributed by atoms with Gasteiger partial charge in [-0.3, -0.25) is 4.99 Å². The number of morpholine rings is 1. The van der Waals surface area contributed by atoms with E-state index in [0.717, 1.165) is 30.8 Å². The maximum atomic E-state index is 12.5. The molecule has 2 rings (SSSR count). The SMILES string of the molecule is CN=C(NCc1ccc(C(F)(F)F)cc1)NCC1CN(C)CCO1.I. The average molecular weight is 472 g/mol. The van der Waals surface area contributed by atoms with E-state index in [1.165, 1.54) is 12.1 Å². The van der Waals surface area contributed by atoms with E-state index in [-0.39, 0.29) is 30.1 Å². The van der Waals surface area contributed by atoms with E-state index in [4.69, 9.17) is 4.74 Å². The Bertz CT molecular complexity index is 551. The number of aliphatic imine (C=N–C) groups is 1. The molecular formula is C16H24F3IN4O. The summed E-state index contributed by atoms with van der Waals surface area (Å²) in [6.07, 6.45) is -4.22. The lowest BCUT2D eigenvalue weighted by Gasteiger charge is -2.30. The molecule has 5 nitrogen and oxygen atoms in total. The first kappa shape index (κ1) is 22.0. The maximum absolute atomic E-state index is 12.5. The average Bonchev–Trinajstić information content (AvgIpc) is 2.55. The molecule has 1 heterocycles. The van der Waals surface area contributed by atoms with Crippen LogP contribution in [0.2, 0.25) is 0 Å². The first-order valence-electron chi connectivity index (χ1n) is 7.79. The molecule has 9 heteroatoms. The number of nitrogens with zero attached hydrogens (tertiary/aromatic N) is 2. The van der Waals surface area contributed by atoms with Crippen LogP contribution in [0.3, 0.4) is 0 Å². The quantitative estimate of drug-likeness (QED) is 0.402. The molecule has 1 aliphatic rings. The Balaban J connectivity index is 0.00000312. The number of nitrogens with one attached hydrogen (secondary N) is 2. The predicted molar refractivity (Wildman–Crippen MR) is 102 cm³/mol. The zero-order chi connectivity index (χ0) is 17.6. The number of rotatable bonds is 4. The summed E-state index contributed by atoms with van der Waals surface area (Å²) < 4.78 is 43.3. The second-order valence-electron chi connectivity index (χ2n) is 5.76.